The fourth-order valence-corrected chi connectivity index (χ4v) is 3.54. The molecule has 0 radical (unpaired) electrons. The fourth-order valence-electron chi connectivity index (χ4n) is 3.54. The van der Waals surface area contributed by atoms with Gasteiger partial charge in [0.15, 0.2) is 0 Å². The number of imidazole rings is 1. The van der Waals surface area contributed by atoms with E-state index in [1.807, 2.05) is 15.5 Å². The lowest BCUT2D eigenvalue weighted by atomic mass is 10.1. The van der Waals surface area contributed by atoms with E-state index in [9.17, 15) is 13.2 Å². The molecule has 1 saturated heterocycles. The maximum atomic E-state index is 13.9. The number of nitrogens with two attached hydrogens (primary N) is 1. The molecule has 0 aliphatic carbocycles. The SMILES string of the molecule is N#Cc1ccc(Cn2c(N3CC[C@@H](F)[C@H](N)C3)nc3ccc(OC(F)F)cc32)nc1. The lowest BCUT2D eigenvalue weighted by Gasteiger charge is -2.34. The van der Waals surface area contributed by atoms with E-state index in [1.54, 1.807) is 18.2 Å². The largest absolute Gasteiger partial charge is 0.435 e. The third-order valence-corrected chi connectivity index (χ3v) is 5.05. The summed E-state index contributed by atoms with van der Waals surface area (Å²) in [6, 6.07) is 9.25. The van der Waals surface area contributed by atoms with Gasteiger partial charge in [0.25, 0.3) is 0 Å². The molecule has 4 rings (SSSR count). The van der Waals surface area contributed by atoms with Crippen molar-refractivity contribution in [2.24, 2.45) is 5.73 Å². The summed E-state index contributed by atoms with van der Waals surface area (Å²) >= 11 is 0. The highest BCUT2D eigenvalue weighted by molar-refractivity contribution is 5.80. The molecule has 0 unspecified atom stereocenters. The van der Waals surface area contributed by atoms with Crippen molar-refractivity contribution >= 4 is 17.0 Å². The number of pyridine rings is 1. The molecule has 2 aromatic heterocycles. The third kappa shape index (κ3) is 4.02. The van der Waals surface area contributed by atoms with Crippen molar-refractivity contribution in [1.29, 1.82) is 5.26 Å². The van der Waals surface area contributed by atoms with Crippen molar-refractivity contribution in [1.82, 2.24) is 14.5 Å². The standard InChI is InChI=1S/C20H19F3N6O/c21-15-5-6-28(11-16(15)25)20-27-17-4-3-14(30-19(22)23)7-18(17)29(20)10-13-2-1-12(8-24)9-26-13/h1-4,7,9,15-16,19H,5-6,10-11,25H2/t15-,16-/m1/s1. The van der Waals surface area contributed by atoms with Crippen LogP contribution in [0.3, 0.4) is 0 Å². The van der Waals surface area contributed by atoms with Gasteiger partial charge in [-0.1, -0.05) is 0 Å². The third-order valence-electron chi connectivity index (χ3n) is 5.05. The molecule has 0 spiro atoms. The molecule has 3 heterocycles. The summed E-state index contributed by atoms with van der Waals surface area (Å²) in [5.74, 6) is 0.560. The van der Waals surface area contributed by atoms with Crippen LogP contribution < -0.4 is 15.4 Å². The van der Waals surface area contributed by atoms with Crippen molar-refractivity contribution in [3.05, 3.63) is 47.8 Å². The number of fused-ring (bicyclic) bond motifs is 1. The molecule has 30 heavy (non-hydrogen) atoms. The number of anilines is 1. The minimum atomic E-state index is -2.94. The first kappa shape index (κ1) is 20.0. The summed E-state index contributed by atoms with van der Waals surface area (Å²) < 4.78 is 45.6. The van der Waals surface area contributed by atoms with Crippen molar-refractivity contribution < 1.29 is 17.9 Å². The molecule has 2 N–H and O–H groups in total. The summed E-state index contributed by atoms with van der Waals surface area (Å²) in [5, 5.41) is 8.96. The molecule has 1 aromatic carbocycles. The van der Waals surface area contributed by atoms with Gasteiger partial charge in [-0.15, -0.1) is 0 Å². The monoisotopic (exact) mass is 416 g/mol. The van der Waals surface area contributed by atoms with E-state index in [1.165, 1.54) is 18.3 Å². The van der Waals surface area contributed by atoms with Gasteiger partial charge in [0.1, 0.15) is 18.0 Å². The average Bonchev–Trinajstić information content (AvgIpc) is 3.08. The van der Waals surface area contributed by atoms with Gasteiger partial charge in [0, 0.05) is 25.4 Å². The number of halogens is 3. The number of hydrogen-bond donors (Lipinski definition) is 1. The zero-order valence-electron chi connectivity index (χ0n) is 15.9. The Morgan fingerprint density at radius 3 is 2.80 bits per heavy atom. The molecule has 0 saturated carbocycles. The molecule has 1 aliphatic heterocycles. The quantitative estimate of drug-likeness (QED) is 0.688. The molecule has 7 nitrogen and oxygen atoms in total. The number of nitrogens with zero attached hydrogens (tertiary/aromatic N) is 5. The van der Waals surface area contributed by atoms with Crippen LogP contribution in [0.25, 0.3) is 11.0 Å². The summed E-state index contributed by atoms with van der Waals surface area (Å²) in [6.07, 6.45) is 0.661. The number of rotatable bonds is 5. The number of ether oxygens (including phenoxy) is 1. The van der Waals surface area contributed by atoms with Gasteiger partial charge in [0.2, 0.25) is 5.95 Å². The molecular formula is C20H19F3N6O. The molecule has 0 bridgehead atoms. The zero-order valence-corrected chi connectivity index (χ0v) is 15.9. The summed E-state index contributed by atoms with van der Waals surface area (Å²) in [5.41, 5.74) is 8.15. The van der Waals surface area contributed by atoms with Gasteiger partial charge in [0.05, 0.1) is 34.9 Å². The molecule has 1 fully saturated rings. The highest BCUT2D eigenvalue weighted by atomic mass is 19.3. The molecule has 2 atom stereocenters. The Hall–Kier alpha value is -3.32. The lowest BCUT2D eigenvalue weighted by Crippen LogP contribution is -2.50. The predicted octanol–water partition coefficient (Wildman–Crippen LogP) is 2.83. The second-order valence-electron chi connectivity index (χ2n) is 7.09. The summed E-state index contributed by atoms with van der Waals surface area (Å²) in [6.45, 7) is -1.95. The van der Waals surface area contributed by atoms with Crippen molar-refractivity contribution in [3.8, 4) is 11.8 Å². The number of piperidine rings is 1. The first-order chi connectivity index (χ1) is 14.4. The first-order valence-electron chi connectivity index (χ1n) is 9.39. The van der Waals surface area contributed by atoms with Gasteiger partial charge in [-0.2, -0.15) is 14.0 Å². The van der Waals surface area contributed by atoms with E-state index in [0.717, 1.165) is 0 Å². The molecule has 0 amide bonds. The van der Waals surface area contributed by atoms with E-state index < -0.39 is 18.8 Å². The smallest absolute Gasteiger partial charge is 0.387 e. The second kappa shape index (κ2) is 8.20. The van der Waals surface area contributed by atoms with Gasteiger partial charge >= 0.3 is 6.61 Å². The van der Waals surface area contributed by atoms with Gasteiger partial charge in [-0.05, 0) is 30.7 Å². The average molecular weight is 416 g/mol. The van der Waals surface area contributed by atoms with Crippen LogP contribution in [0.1, 0.15) is 17.7 Å². The lowest BCUT2D eigenvalue weighted by molar-refractivity contribution is -0.0497. The van der Waals surface area contributed by atoms with E-state index in [4.69, 9.17) is 11.0 Å². The van der Waals surface area contributed by atoms with E-state index in [-0.39, 0.29) is 25.3 Å². The summed E-state index contributed by atoms with van der Waals surface area (Å²) in [4.78, 5) is 10.8. The Morgan fingerprint density at radius 1 is 1.30 bits per heavy atom. The normalized spacial score (nSPS) is 19.3. The van der Waals surface area contributed by atoms with E-state index in [2.05, 4.69) is 14.7 Å². The van der Waals surface area contributed by atoms with Gasteiger partial charge in [-0.3, -0.25) is 4.98 Å². The van der Waals surface area contributed by atoms with Crippen molar-refractivity contribution in [3.63, 3.8) is 0 Å². The maximum absolute atomic E-state index is 13.9. The fraction of sp³-hybridized carbons (Fsp3) is 0.350. The zero-order chi connectivity index (χ0) is 21.3. The second-order valence-corrected chi connectivity index (χ2v) is 7.09. The Bertz CT molecular complexity index is 1080. The van der Waals surface area contributed by atoms with Crippen LogP contribution in [0.15, 0.2) is 36.5 Å². The van der Waals surface area contributed by atoms with Crippen LogP contribution in [0, 0.1) is 11.3 Å². The minimum absolute atomic E-state index is 0.0113. The maximum Gasteiger partial charge on any atom is 0.387 e. The van der Waals surface area contributed by atoms with Crippen LogP contribution in [0.2, 0.25) is 0 Å². The van der Waals surface area contributed by atoms with E-state index in [0.29, 0.717) is 34.8 Å². The number of aromatic nitrogens is 3. The van der Waals surface area contributed by atoms with Crippen LogP contribution >= 0.6 is 0 Å². The Labute approximate surface area is 170 Å². The van der Waals surface area contributed by atoms with Crippen LogP contribution in [-0.2, 0) is 6.54 Å². The predicted molar refractivity (Wildman–Crippen MR) is 104 cm³/mol. The number of benzene rings is 1. The Kier molecular flexibility index (Phi) is 5.46. The minimum Gasteiger partial charge on any atom is -0.435 e. The first-order valence-corrected chi connectivity index (χ1v) is 9.39. The molecule has 1 aliphatic rings. The number of hydrogen-bond acceptors (Lipinski definition) is 6. The highest BCUT2D eigenvalue weighted by Crippen LogP contribution is 2.29. The molecule has 3 aromatic rings. The number of alkyl halides is 3. The molecular weight excluding hydrogens is 397 g/mol. The Morgan fingerprint density at radius 2 is 2.13 bits per heavy atom. The number of nitriles is 1. The topological polar surface area (TPSA) is 93.0 Å². The van der Waals surface area contributed by atoms with Gasteiger partial charge < -0.3 is 19.9 Å². The van der Waals surface area contributed by atoms with Crippen LogP contribution in [0.5, 0.6) is 5.75 Å². The van der Waals surface area contributed by atoms with E-state index >= 15 is 0 Å². The molecule has 156 valence electrons. The Balaban J connectivity index is 1.76. The van der Waals surface area contributed by atoms with Crippen LogP contribution in [0.4, 0.5) is 19.1 Å². The molecule has 10 heteroatoms. The van der Waals surface area contributed by atoms with Crippen LogP contribution in [-0.4, -0.2) is 46.4 Å². The van der Waals surface area contributed by atoms with Crippen molar-refractivity contribution in [2.45, 2.75) is 31.8 Å². The van der Waals surface area contributed by atoms with Crippen molar-refractivity contribution in [2.75, 3.05) is 18.0 Å². The highest BCUT2D eigenvalue weighted by Gasteiger charge is 2.29. The summed E-state index contributed by atoms with van der Waals surface area (Å²) in [7, 11) is 0. The van der Waals surface area contributed by atoms with Gasteiger partial charge in [-0.25, -0.2) is 9.37 Å².